The maximum atomic E-state index is 11.8. The van der Waals surface area contributed by atoms with Crippen LogP contribution in [0.15, 0.2) is 18.2 Å². The molecule has 2 heterocycles. The van der Waals surface area contributed by atoms with Gasteiger partial charge in [0, 0.05) is 11.8 Å². The molecular weight excluding hydrogens is 332 g/mol. The van der Waals surface area contributed by atoms with E-state index in [-0.39, 0.29) is 0 Å². The van der Waals surface area contributed by atoms with E-state index in [9.17, 15) is 9.90 Å². The molecule has 0 radical (unpaired) electrons. The van der Waals surface area contributed by atoms with E-state index in [2.05, 4.69) is 11.9 Å². The van der Waals surface area contributed by atoms with Crippen LogP contribution in [0.5, 0.6) is 0 Å². The van der Waals surface area contributed by atoms with Crippen molar-refractivity contribution < 1.29 is 14.6 Å². The van der Waals surface area contributed by atoms with Crippen molar-refractivity contribution in [2.24, 2.45) is 0 Å². The van der Waals surface area contributed by atoms with E-state index in [0.717, 1.165) is 36.0 Å². The highest BCUT2D eigenvalue weighted by Gasteiger charge is 2.19. The summed E-state index contributed by atoms with van der Waals surface area (Å²) in [4.78, 5) is 20.9. The van der Waals surface area contributed by atoms with Gasteiger partial charge in [0.25, 0.3) is 0 Å². The third-order valence-electron chi connectivity index (χ3n) is 4.40. The van der Waals surface area contributed by atoms with Crippen LogP contribution < -0.4 is 5.73 Å². The largest absolute Gasteiger partial charge is 0.465 e. The van der Waals surface area contributed by atoms with Crippen molar-refractivity contribution in [2.45, 2.75) is 45.8 Å². The number of hydrogen-bond acceptors (Lipinski definition) is 6. The summed E-state index contributed by atoms with van der Waals surface area (Å²) in [5, 5.41) is 10.8. The molecule has 0 aliphatic carbocycles. The Kier molecular flexibility index (Phi) is 5.08. The number of imidazole rings is 1. The van der Waals surface area contributed by atoms with Crippen LogP contribution in [0.2, 0.25) is 0 Å². The van der Waals surface area contributed by atoms with Crippen LogP contribution >= 0.6 is 0 Å². The van der Waals surface area contributed by atoms with Gasteiger partial charge in [-0.2, -0.15) is 0 Å². The summed E-state index contributed by atoms with van der Waals surface area (Å²) < 4.78 is 6.80. The zero-order valence-electron chi connectivity index (χ0n) is 15.3. The number of nitrogens with two attached hydrogens (primary N) is 1. The molecule has 2 aromatic heterocycles. The SMILES string of the molecule is CCCCc1nc2c(N)nc3cc(C(=O)OC)ccc3c2n1C[C@@H](C)O. The van der Waals surface area contributed by atoms with Gasteiger partial charge >= 0.3 is 5.97 Å². The number of methoxy groups -OCH3 is 1. The third-order valence-corrected chi connectivity index (χ3v) is 4.40. The second-order valence-electron chi connectivity index (χ2n) is 6.51. The van der Waals surface area contributed by atoms with Crippen molar-refractivity contribution in [1.82, 2.24) is 14.5 Å². The predicted molar refractivity (Wildman–Crippen MR) is 101 cm³/mol. The number of aromatic nitrogens is 3. The number of carbonyl (C=O) groups is 1. The molecule has 3 rings (SSSR count). The van der Waals surface area contributed by atoms with Gasteiger partial charge in [0.15, 0.2) is 5.82 Å². The van der Waals surface area contributed by atoms with E-state index in [4.69, 9.17) is 15.5 Å². The van der Waals surface area contributed by atoms with Crippen molar-refractivity contribution in [3.05, 3.63) is 29.6 Å². The van der Waals surface area contributed by atoms with E-state index >= 15 is 0 Å². The maximum absolute atomic E-state index is 11.8. The number of unbranched alkanes of at least 4 members (excludes halogenated alkanes) is 1. The summed E-state index contributed by atoms with van der Waals surface area (Å²) in [6.07, 6.45) is 2.33. The number of carbonyl (C=O) groups excluding carboxylic acids is 1. The van der Waals surface area contributed by atoms with E-state index < -0.39 is 12.1 Å². The lowest BCUT2D eigenvalue weighted by atomic mass is 10.1. The lowest BCUT2D eigenvalue weighted by Gasteiger charge is -2.13. The molecule has 7 nitrogen and oxygen atoms in total. The van der Waals surface area contributed by atoms with Crippen molar-refractivity contribution in [3.63, 3.8) is 0 Å². The van der Waals surface area contributed by atoms with Crippen LogP contribution in [0.3, 0.4) is 0 Å². The van der Waals surface area contributed by atoms with Crippen LogP contribution in [0, 0.1) is 0 Å². The Bertz CT molecular complexity index is 962. The number of rotatable bonds is 6. The Morgan fingerprint density at radius 2 is 2.15 bits per heavy atom. The van der Waals surface area contributed by atoms with Crippen LogP contribution in [0.1, 0.15) is 42.9 Å². The predicted octanol–water partition coefficient (Wildman–Crippen LogP) is 2.68. The molecule has 3 N–H and O–H groups in total. The number of ether oxygens (including phenoxy) is 1. The molecule has 0 saturated carbocycles. The van der Waals surface area contributed by atoms with E-state index in [1.165, 1.54) is 7.11 Å². The third kappa shape index (κ3) is 3.22. The summed E-state index contributed by atoms with van der Waals surface area (Å²) in [7, 11) is 1.34. The second kappa shape index (κ2) is 7.29. The first-order valence-electron chi connectivity index (χ1n) is 8.81. The lowest BCUT2D eigenvalue weighted by molar-refractivity contribution is 0.0601. The maximum Gasteiger partial charge on any atom is 0.337 e. The number of anilines is 1. The molecule has 138 valence electrons. The number of hydrogen-bond donors (Lipinski definition) is 2. The van der Waals surface area contributed by atoms with Gasteiger partial charge in [0.1, 0.15) is 11.3 Å². The standard InChI is InChI=1S/C19H24N4O3/c1-4-5-6-15-22-16-17(23(15)10-11(2)24)13-8-7-12(19(25)26-3)9-14(13)21-18(16)20/h7-9,11,24H,4-6,10H2,1-3H3,(H2,20,21)/t11-/m1/s1. The first-order valence-corrected chi connectivity index (χ1v) is 8.81. The number of pyridine rings is 1. The minimum absolute atomic E-state index is 0.316. The molecule has 0 unspecified atom stereocenters. The second-order valence-corrected chi connectivity index (χ2v) is 6.51. The smallest absolute Gasteiger partial charge is 0.337 e. The normalized spacial score (nSPS) is 12.6. The first-order chi connectivity index (χ1) is 12.5. The Hall–Kier alpha value is -2.67. The van der Waals surface area contributed by atoms with E-state index in [1.54, 1.807) is 19.1 Å². The Morgan fingerprint density at radius 1 is 1.38 bits per heavy atom. The monoisotopic (exact) mass is 356 g/mol. The summed E-state index contributed by atoms with van der Waals surface area (Å²) in [5.74, 6) is 0.783. The Labute approximate surface area is 151 Å². The summed E-state index contributed by atoms with van der Waals surface area (Å²) in [5.41, 5.74) is 8.65. The summed E-state index contributed by atoms with van der Waals surface area (Å²) in [6.45, 7) is 4.30. The molecule has 0 aliphatic heterocycles. The van der Waals surface area contributed by atoms with E-state index in [0.29, 0.717) is 29.0 Å². The number of esters is 1. The fourth-order valence-corrected chi connectivity index (χ4v) is 3.19. The molecule has 0 bridgehead atoms. The highest BCUT2D eigenvalue weighted by atomic mass is 16.5. The summed E-state index contributed by atoms with van der Waals surface area (Å²) >= 11 is 0. The fourth-order valence-electron chi connectivity index (χ4n) is 3.19. The quantitative estimate of drug-likeness (QED) is 0.658. The van der Waals surface area contributed by atoms with Gasteiger partial charge in [-0.1, -0.05) is 13.3 Å². The number of fused-ring (bicyclic) bond motifs is 3. The zero-order chi connectivity index (χ0) is 18.8. The zero-order valence-corrected chi connectivity index (χ0v) is 15.3. The molecule has 1 aromatic carbocycles. The Balaban J connectivity index is 2.29. The molecule has 0 saturated heterocycles. The van der Waals surface area contributed by atoms with Gasteiger partial charge in [0.05, 0.1) is 36.4 Å². The molecule has 0 spiro atoms. The van der Waals surface area contributed by atoms with Crippen molar-refractivity contribution >= 4 is 33.7 Å². The van der Waals surface area contributed by atoms with Crippen molar-refractivity contribution in [3.8, 4) is 0 Å². The van der Waals surface area contributed by atoms with Crippen LogP contribution in [0.4, 0.5) is 5.82 Å². The van der Waals surface area contributed by atoms with Crippen molar-refractivity contribution in [1.29, 1.82) is 0 Å². The van der Waals surface area contributed by atoms with Gasteiger partial charge in [-0.15, -0.1) is 0 Å². The van der Waals surface area contributed by atoms with Crippen LogP contribution in [0.25, 0.3) is 21.9 Å². The molecule has 0 amide bonds. The highest BCUT2D eigenvalue weighted by Crippen LogP contribution is 2.30. The topological polar surface area (TPSA) is 103 Å². The summed E-state index contributed by atoms with van der Waals surface area (Å²) in [6, 6.07) is 5.21. The fraction of sp³-hybridized carbons (Fsp3) is 0.421. The number of nitrogens with zero attached hydrogens (tertiary/aromatic N) is 3. The number of aliphatic hydroxyl groups is 1. The van der Waals surface area contributed by atoms with Gasteiger partial charge in [-0.25, -0.2) is 14.8 Å². The molecule has 3 aromatic rings. The van der Waals surface area contributed by atoms with Crippen LogP contribution in [-0.4, -0.2) is 38.8 Å². The van der Waals surface area contributed by atoms with Gasteiger partial charge in [0.2, 0.25) is 0 Å². The molecular formula is C19H24N4O3. The lowest BCUT2D eigenvalue weighted by Crippen LogP contribution is -2.14. The minimum atomic E-state index is -0.522. The molecule has 0 fully saturated rings. The molecule has 0 aliphatic rings. The van der Waals surface area contributed by atoms with Crippen LogP contribution in [-0.2, 0) is 17.7 Å². The van der Waals surface area contributed by atoms with E-state index in [1.807, 2.05) is 10.6 Å². The highest BCUT2D eigenvalue weighted by molar-refractivity contribution is 6.08. The van der Waals surface area contributed by atoms with Gasteiger partial charge < -0.3 is 20.1 Å². The average molecular weight is 356 g/mol. The number of aliphatic hydroxyl groups excluding tert-OH is 1. The number of nitrogen functional groups attached to an aromatic ring is 1. The van der Waals surface area contributed by atoms with Crippen molar-refractivity contribution in [2.75, 3.05) is 12.8 Å². The first kappa shape index (κ1) is 18.1. The van der Waals surface area contributed by atoms with Gasteiger partial charge in [-0.05, 0) is 31.5 Å². The Morgan fingerprint density at radius 3 is 2.81 bits per heavy atom. The molecule has 1 atom stereocenters. The molecule has 7 heteroatoms. The molecule has 26 heavy (non-hydrogen) atoms. The number of benzene rings is 1. The average Bonchev–Trinajstić information content (AvgIpc) is 2.97. The number of aryl methyl sites for hydroxylation is 1. The van der Waals surface area contributed by atoms with Gasteiger partial charge in [-0.3, -0.25) is 0 Å². The minimum Gasteiger partial charge on any atom is -0.465 e.